The van der Waals surface area contributed by atoms with Crippen molar-refractivity contribution in [3.63, 3.8) is 0 Å². The number of nitrogens with one attached hydrogen (secondary N) is 1. The maximum absolute atomic E-state index is 12.2. The van der Waals surface area contributed by atoms with Gasteiger partial charge in [0, 0.05) is 22.3 Å². The lowest BCUT2D eigenvalue weighted by Crippen LogP contribution is -2.20. The van der Waals surface area contributed by atoms with Crippen LogP contribution in [0.1, 0.15) is 11.1 Å². The van der Waals surface area contributed by atoms with Crippen LogP contribution in [-0.2, 0) is 4.79 Å². The summed E-state index contributed by atoms with van der Waals surface area (Å²) in [6.45, 7) is 3.84. The van der Waals surface area contributed by atoms with Crippen LogP contribution in [0.25, 0.3) is 22.6 Å². The van der Waals surface area contributed by atoms with E-state index >= 15 is 0 Å². The highest BCUT2D eigenvalue weighted by molar-refractivity contribution is 6.34. The number of rotatable bonds is 5. The molecule has 1 N–H and O–H groups in total. The molecule has 0 fully saturated rings. The quantitative estimate of drug-likeness (QED) is 0.387. The van der Waals surface area contributed by atoms with E-state index in [0.717, 1.165) is 27.8 Å². The van der Waals surface area contributed by atoms with Crippen LogP contribution in [0.2, 0.25) is 10.0 Å². The summed E-state index contributed by atoms with van der Waals surface area (Å²) in [7, 11) is 0. The fourth-order valence-electron chi connectivity index (χ4n) is 3.12. The van der Waals surface area contributed by atoms with Crippen LogP contribution in [0.5, 0.6) is 5.75 Å². The number of fused-ring (bicyclic) bond motifs is 1. The fourth-order valence-corrected chi connectivity index (χ4v) is 3.46. The van der Waals surface area contributed by atoms with Crippen LogP contribution in [0.3, 0.4) is 0 Å². The Labute approximate surface area is 183 Å². The molecule has 0 radical (unpaired) electrons. The van der Waals surface area contributed by atoms with E-state index in [0.29, 0.717) is 27.4 Å². The van der Waals surface area contributed by atoms with Gasteiger partial charge in [0.25, 0.3) is 5.91 Å². The summed E-state index contributed by atoms with van der Waals surface area (Å²) in [6.07, 6.45) is 0. The first kappa shape index (κ1) is 20.3. The van der Waals surface area contributed by atoms with E-state index in [1.54, 1.807) is 30.3 Å². The van der Waals surface area contributed by atoms with Crippen molar-refractivity contribution in [1.82, 2.24) is 4.98 Å². The molecule has 1 amide bonds. The number of hydrogen-bond donors (Lipinski definition) is 1. The topological polar surface area (TPSA) is 64.4 Å². The second-order valence-corrected chi connectivity index (χ2v) is 7.78. The Bertz CT molecular complexity index is 1230. The maximum atomic E-state index is 12.2. The van der Waals surface area contributed by atoms with E-state index in [1.807, 2.05) is 32.0 Å². The van der Waals surface area contributed by atoms with E-state index in [-0.39, 0.29) is 12.5 Å². The monoisotopic (exact) mass is 440 g/mol. The number of carbonyl (C=O) groups excluding carboxylic acids is 1. The van der Waals surface area contributed by atoms with Gasteiger partial charge in [-0.15, -0.1) is 0 Å². The molecule has 1 aromatic heterocycles. The molecule has 0 atom stereocenters. The van der Waals surface area contributed by atoms with Gasteiger partial charge in [-0.3, -0.25) is 4.79 Å². The summed E-state index contributed by atoms with van der Waals surface area (Å²) in [5, 5.41) is 3.65. The maximum Gasteiger partial charge on any atom is 0.262 e. The average Bonchev–Trinajstić information content (AvgIpc) is 3.13. The molecule has 1 heterocycles. The zero-order valence-electron chi connectivity index (χ0n) is 16.3. The highest BCUT2D eigenvalue weighted by Gasteiger charge is 2.12. The summed E-state index contributed by atoms with van der Waals surface area (Å²) in [5.41, 5.74) is 5.25. The number of aromatic nitrogens is 1. The lowest BCUT2D eigenvalue weighted by atomic mass is 10.1. The van der Waals surface area contributed by atoms with Crippen LogP contribution < -0.4 is 10.1 Å². The molecule has 4 rings (SSSR count). The Hall–Kier alpha value is -3.02. The van der Waals surface area contributed by atoms with E-state index in [2.05, 4.69) is 16.4 Å². The summed E-state index contributed by atoms with van der Waals surface area (Å²) < 4.78 is 11.4. The molecule has 3 aromatic carbocycles. The summed E-state index contributed by atoms with van der Waals surface area (Å²) >= 11 is 12.0. The number of oxazole rings is 1. The molecule has 0 aliphatic rings. The van der Waals surface area contributed by atoms with Gasteiger partial charge in [0.15, 0.2) is 12.2 Å². The third-order valence-corrected chi connectivity index (χ3v) is 5.04. The van der Waals surface area contributed by atoms with Crippen LogP contribution in [-0.4, -0.2) is 17.5 Å². The van der Waals surface area contributed by atoms with Gasteiger partial charge >= 0.3 is 0 Å². The fraction of sp³-hybridized carbons (Fsp3) is 0.130. The SMILES string of the molecule is Cc1cc(C)c2oc(-c3ccc(NC(=O)COc4cc(Cl)ccc4Cl)cc3)nc2c1. The van der Waals surface area contributed by atoms with Gasteiger partial charge in [-0.25, -0.2) is 4.98 Å². The first-order chi connectivity index (χ1) is 14.4. The average molecular weight is 441 g/mol. The van der Waals surface area contributed by atoms with Crippen LogP contribution in [0.15, 0.2) is 59.0 Å². The number of amides is 1. The molecule has 5 nitrogen and oxygen atoms in total. The van der Waals surface area contributed by atoms with Crippen molar-refractivity contribution in [3.05, 3.63) is 75.8 Å². The Kier molecular flexibility index (Phi) is 5.66. The van der Waals surface area contributed by atoms with E-state index < -0.39 is 0 Å². The number of anilines is 1. The zero-order chi connectivity index (χ0) is 21.3. The number of hydrogen-bond acceptors (Lipinski definition) is 4. The minimum absolute atomic E-state index is 0.189. The molecular formula is C23H18Cl2N2O3. The van der Waals surface area contributed by atoms with Crippen LogP contribution in [0, 0.1) is 13.8 Å². The van der Waals surface area contributed by atoms with Crippen molar-refractivity contribution in [3.8, 4) is 17.2 Å². The van der Waals surface area contributed by atoms with Crippen molar-refractivity contribution in [2.24, 2.45) is 0 Å². The van der Waals surface area contributed by atoms with Crippen molar-refractivity contribution in [1.29, 1.82) is 0 Å². The molecule has 0 saturated heterocycles. The van der Waals surface area contributed by atoms with Gasteiger partial charge in [0.1, 0.15) is 11.3 Å². The second kappa shape index (κ2) is 8.38. The molecule has 152 valence electrons. The highest BCUT2D eigenvalue weighted by Crippen LogP contribution is 2.29. The highest BCUT2D eigenvalue weighted by atomic mass is 35.5. The predicted molar refractivity (Wildman–Crippen MR) is 120 cm³/mol. The van der Waals surface area contributed by atoms with Gasteiger partial charge in [-0.2, -0.15) is 0 Å². The van der Waals surface area contributed by atoms with Crippen molar-refractivity contribution >= 4 is 45.9 Å². The molecule has 0 unspecified atom stereocenters. The molecule has 30 heavy (non-hydrogen) atoms. The first-order valence-electron chi connectivity index (χ1n) is 9.25. The standard InChI is InChI=1S/C23H18Cl2N2O3/c1-13-9-14(2)22-19(10-13)27-23(30-22)15-3-6-17(7-4-15)26-21(28)12-29-20-11-16(24)5-8-18(20)25/h3-11H,12H2,1-2H3,(H,26,28). The minimum atomic E-state index is -0.313. The van der Waals surface area contributed by atoms with Gasteiger partial charge < -0.3 is 14.5 Å². The van der Waals surface area contributed by atoms with Gasteiger partial charge in [-0.05, 0) is 67.4 Å². The molecule has 7 heteroatoms. The zero-order valence-corrected chi connectivity index (χ0v) is 17.8. The number of ether oxygens (including phenoxy) is 1. The third-order valence-electron chi connectivity index (χ3n) is 4.49. The smallest absolute Gasteiger partial charge is 0.262 e. The Balaban J connectivity index is 1.43. The van der Waals surface area contributed by atoms with Crippen molar-refractivity contribution in [2.45, 2.75) is 13.8 Å². The summed E-state index contributed by atoms with van der Waals surface area (Å²) in [6, 6.07) is 16.1. The lowest BCUT2D eigenvalue weighted by Gasteiger charge is -2.09. The van der Waals surface area contributed by atoms with Gasteiger partial charge in [0.2, 0.25) is 5.89 Å². The summed E-state index contributed by atoms with van der Waals surface area (Å²) in [4.78, 5) is 16.8. The first-order valence-corrected chi connectivity index (χ1v) is 10.0. The van der Waals surface area contributed by atoms with Crippen LogP contribution >= 0.6 is 23.2 Å². The van der Waals surface area contributed by atoms with Gasteiger partial charge in [0.05, 0.1) is 5.02 Å². The van der Waals surface area contributed by atoms with E-state index in [4.69, 9.17) is 32.4 Å². The molecular weight excluding hydrogens is 423 g/mol. The number of carbonyl (C=O) groups is 1. The van der Waals surface area contributed by atoms with Crippen LogP contribution in [0.4, 0.5) is 5.69 Å². The Morgan fingerprint density at radius 1 is 1.07 bits per heavy atom. The second-order valence-electron chi connectivity index (χ2n) is 6.94. The molecule has 4 aromatic rings. The molecule has 0 aliphatic carbocycles. The van der Waals surface area contributed by atoms with E-state index in [1.165, 1.54) is 0 Å². The minimum Gasteiger partial charge on any atom is -0.482 e. The summed E-state index contributed by atoms with van der Waals surface area (Å²) in [5.74, 6) is 0.582. The Morgan fingerprint density at radius 3 is 2.60 bits per heavy atom. The predicted octanol–water partition coefficient (Wildman–Crippen LogP) is 6.44. The Morgan fingerprint density at radius 2 is 1.83 bits per heavy atom. The number of halogens is 2. The van der Waals surface area contributed by atoms with Crippen molar-refractivity contribution < 1.29 is 13.9 Å². The van der Waals surface area contributed by atoms with Crippen molar-refractivity contribution in [2.75, 3.05) is 11.9 Å². The van der Waals surface area contributed by atoms with E-state index in [9.17, 15) is 4.79 Å². The molecule has 0 bridgehead atoms. The molecule has 0 saturated carbocycles. The third kappa shape index (κ3) is 4.42. The number of nitrogens with zero attached hydrogens (tertiary/aromatic N) is 1. The number of aryl methyl sites for hydroxylation is 2. The normalized spacial score (nSPS) is 10.9. The number of benzene rings is 3. The lowest BCUT2D eigenvalue weighted by molar-refractivity contribution is -0.118. The largest absolute Gasteiger partial charge is 0.482 e. The van der Waals surface area contributed by atoms with Gasteiger partial charge in [-0.1, -0.05) is 29.3 Å². The molecule has 0 spiro atoms. The molecule has 0 aliphatic heterocycles.